The van der Waals surface area contributed by atoms with Crippen molar-refractivity contribution in [3.05, 3.63) is 77.4 Å². The summed E-state index contributed by atoms with van der Waals surface area (Å²) in [6, 6.07) is 19.1. The van der Waals surface area contributed by atoms with Crippen LogP contribution in [0.1, 0.15) is 34.8 Å². The molecule has 7 heteroatoms. The topological polar surface area (TPSA) is 69.7 Å². The van der Waals surface area contributed by atoms with Gasteiger partial charge in [0.25, 0.3) is 5.91 Å². The van der Waals surface area contributed by atoms with Gasteiger partial charge in [-0.2, -0.15) is 0 Å². The van der Waals surface area contributed by atoms with Gasteiger partial charge in [0.2, 0.25) is 11.8 Å². The van der Waals surface area contributed by atoms with Crippen molar-refractivity contribution in [2.45, 2.75) is 37.0 Å². The van der Waals surface area contributed by atoms with Crippen LogP contribution < -0.4 is 15.1 Å². The second-order valence-electron chi connectivity index (χ2n) is 8.99. The Labute approximate surface area is 209 Å². The summed E-state index contributed by atoms with van der Waals surface area (Å²) in [4.78, 5) is 44.1. The number of nitrogens with zero attached hydrogens (tertiary/aromatic N) is 2. The summed E-state index contributed by atoms with van der Waals surface area (Å²) in [6.45, 7) is 6.91. The van der Waals surface area contributed by atoms with E-state index in [1.165, 1.54) is 17.3 Å². The minimum atomic E-state index is -0.426. The average Bonchev–Trinajstić information content (AvgIpc) is 3.19. The van der Waals surface area contributed by atoms with Crippen LogP contribution in [0.15, 0.2) is 70.5 Å². The molecule has 0 saturated carbocycles. The minimum Gasteiger partial charge on any atom is -0.326 e. The van der Waals surface area contributed by atoms with Gasteiger partial charge in [0.15, 0.2) is 0 Å². The van der Waals surface area contributed by atoms with Crippen molar-refractivity contribution in [1.29, 1.82) is 0 Å². The third-order valence-corrected chi connectivity index (χ3v) is 7.84. The molecule has 0 spiro atoms. The van der Waals surface area contributed by atoms with E-state index >= 15 is 0 Å². The molecule has 3 aromatic rings. The Balaban J connectivity index is 1.36. The fourth-order valence-electron chi connectivity index (χ4n) is 4.59. The number of carbonyl (C=O) groups is 3. The fraction of sp³-hybridized carbons (Fsp3) is 0.250. The van der Waals surface area contributed by atoms with Crippen molar-refractivity contribution in [2.24, 2.45) is 5.92 Å². The second-order valence-corrected chi connectivity index (χ2v) is 10.1. The quantitative estimate of drug-likeness (QED) is 0.535. The monoisotopic (exact) mass is 485 g/mol. The normalized spacial score (nSPS) is 17.2. The Morgan fingerprint density at radius 2 is 1.80 bits per heavy atom. The zero-order valence-electron chi connectivity index (χ0n) is 20.0. The van der Waals surface area contributed by atoms with Crippen molar-refractivity contribution < 1.29 is 14.4 Å². The first-order chi connectivity index (χ1) is 16.9. The maximum Gasteiger partial charge on any atom is 0.259 e. The first-order valence-corrected chi connectivity index (χ1v) is 12.6. The highest BCUT2D eigenvalue weighted by Gasteiger charge is 2.35. The molecule has 1 N–H and O–H groups in total. The molecule has 0 radical (unpaired) electrons. The lowest BCUT2D eigenvalue weighted by Crippen LogP contribution is -2.30. The number of anilines is 3. The van der Waals surface area contributed by atoms with Gasteiger partial charge in [0.05, 0.1) is 17.2 Å². The maximum absolute atomic E-state index is 13.1. The number of hydrogen-bond donors (Lipinski definition) is 1. The van der Waals surface area contributed by atoms with Crippen molar-refractivity contribution in [3.63, 3.8) is 0 Å². The SMILES string of the molecule is CCN1C(=O)c2ccccc2Sc2cc(NC(=O)[C@H]3CC(=O)N(c4ccc(C)c(C)c4)C3)ccc21. The average molecular weight is 486 g/mol. The second kappa shape index (κ2) is 9.23. The van der Waals surface area contributed by atoms with Gasteiger partial charge in [-0.3, -0.25) is 14.4 Å². The van der Waals surface area contributed by atoms with Gasteiger partial charge in [0, 0.05) is 40.7 Å². The summed E-state index contributed by atoms with van der Waals surface area (Å²) in [5.74, 6) is -0.668. The van der Waals surface area contributed by atoms with E-state index in [1.54, 1.807) is 9.80 Å². The van der Waals surface area contributed by atoms with Crippen LogP contribution >= 0.6 is 11.8 Å². The number of carbonyl (C=O) groups excluding carboxylic acids is 3. The van der Waals surface area contributed by atoms with E-state index in [4.69, 9.17) is 0 Å². The van der Waals surface area contributed by atoms with Gasteiger partial charge >= 0.3 is 0 Å². The molecular weight excluding hydrogens is 458 g/mol. The van der Waals surface area contributed by atoms with E-state index in [1.807, 2.05) is 81.4 Å². The summed E-state index contributed by atoms with van der Waals surface area (Å²) in [7, 11) is 0. The van der Waals surface area contributed by atoms with E-state index in [2.05, 4.69) is 5.32 Å². The van der Waals surface area contributed by atoms with Crippen molar-refractivity contribution in [3.8, 4) is 0 Å². The highest BCUT2D eigenvalue weighted by atomic mass is 32.2. The third kappa shape index (κ3) is 4.32. The standard InChI is InChI=1S/C28H27N3O3S/c1-4-30-23-12-10-20(15-25(23)35-24-8-6-5-7-22(24)28(30)34)29-27(33)19-14-26(32)31(16-19)21-11-9-17(2)18(3)13-21/h5-13,15,19H,4,14,16H2,1-3H3,(H,29,33)/t19-/m0/s1. The highest BCUT2D eigenvalue weighted by molar-refractivity contribution is 7.99. The Morgan fingerprint density at radius 1 is 1.00 bits per heavy atom. The van der Waals surface area contributed by atoms with Crippen molar-refractivity contribution in [1.82, 2.24) is 0 Å². The molecule has 35 heavy (non-hydrogen) atoms. The van der Waals surface area contributed by atoms with E-state index in [0.29, 0.717) is 24.3 Å². The first-order valence-electron chi connectivity index (χ1n) is 11.8. The van der Waals surface area contributed by atoms with E-state index < -0.39 is 5.92 Å². The Hall–Kier alpha value is -3.58. The molecular formula is C28H27N3O3S. The lowest BCUT2D eigenvalue weighted by atomic mass is 10.1. The predicted octanol–water partition coefficient (Wildman–Crippen LogP) is 5.43. The van der Waals surface area contributed by atoms with Crippen LogP contribution in [0.4, 0.5) is 17.1 Å². The third-order valence-electron chi connectivity index (χ3n) is 6.71. The molecule has 0 aromatic heterocycles. The summed E-state index contributed by atoms with van der Waals surface area (Å²) in [5, 5.41) is 3.00. The number of hydrogen-bond acceptors (Lipinski definition) is 4. The maximum atomic E-state index is 13.1. The summed E-state index contributed by atoms with van der Waals surface area (Å²) >= 11 is 1.52. The van der Waals surface area contributed by atoms with Gasteiger partial charge in [-0.25, -0.2) is 0 Å². The molecule has 0 unspecified atom stereocenters. The van der Waals surface area contributed by atoms with Crippen LogP contribution in [-0.2, 0) is 9.59 Å². The fourth-order valence-corrected chi connectivity index (χ4v) is 5.70. The van der Waals surface area contributed by atoms with Crippen LogP contribution in [0.2, 0.25) is 0 Å². The molecule has 1 atom stereocenters. The van der Waals surface area contributed by atoms with Crippen LogP contribution in [0.5, 0.6) is 0 Å². The number of amides is 3. The Morgan fingerprint density at radius 3 is 2.57 bits per heavy atom. The molecule has 1 saturated heterocycles. The molecule has 5 rings (SSSR count). The van der Waals surface area contributed by atoms with Gasteiger partial charge in [-0.15, -0.1) is 0 Å². The van der Waals surface area contributed by atoms with E-state index in [9.17, 15) is 14.4 Å². The lowest BCUT2D eigenvalue weighted by molar-refractivity contribution is -0.122. The lowest BCUT2D eigenvalue weighted by Gasteiger charge is -2.22. The van der Waals surface area contributed by atoms with Crippen LogP contribution in [0.25, 0.3) is 0 Å². The smallest absolute Gasteiger partial charge is 0.259 e. The Kier molecular flexibility index (Phi) is 6.11. The molecule has 6 nitrogen and oxygen atoms in total. The molecule has 3 amide bonds. The molecule has 178 valence electrons. The van der Waals surface area contributed by atoms with Gasteiger partial charge in [0.1, 0.15) is 0 Å². The van der Waals surface area contributed by atoms with Crippen LogP contribution in [-0.4, -0.2) is 30.8 Å². The molecule has 2 aliphatic heterocycles. The molecule has 2 heterocycles. The first kappa shape index (κ1) is 23.2. The number of aryl methyl sites for hydroxylation is 2. The number of benzene rings is 3. The number of rotatable bonds is 4. The summed E-state index contributed by atoms with van der Waals surface area (Å²) in [5.41, 5.74) is 5.28. The van der Waals surface area contributed by atoms with E-state index in [-0.39, 0.29) is 24.1 Å². The van der Waals surface area contributed by atoms with Gasteiger partial charge < -0.3 is 15.1 Å². The van der Waals surface area contributed by atoms with Gasteiger partial charge in [-0.05, 0) is 74.4 Å². The van der Waals surface area contributed by atoms with Crippen LogP contribution in [0, 0.1) is 19.8 Å². The molecule has 0 bridgehead atoms. The molecule has 3 aromatic carbocycles. The summed E-state index contributed by atoms with van der Waals surface area (Å²) in [6.07, 6.45) is 0.184. The Bertz CT molecular complexity index is 1350. The van der Waals surface area contributed by atoms with Crippen LogP contribution in [0.3, 0.4) is 0 Å². The van der Waals surface area contributed by atoms with Gasteiger partial charge in [-0.1, -0.05) is 30.0 Å². The predicted molar refractivity (Wildman–Crippen MR) is 139 cm³/mol. The van der Waals surface area contributed by atoms with E-state index in [0.717, 1.165) is 26.7 Å². The largest absolute Gasteiger partial charge is 0.326 e. The minimum absolute atomic E-state index is 0.0259. The van der Waals surface area contributed by atoms with Crippen molar-refractivity contribution >= 4 is 46.5 Å². The zero-order valence-corrected chi connectivity index (χ0v) is 20.8. The highest BCUT2D eigenvalue weighted by Crippen LogP contribution is 2.42. The molecule has 2 aliphatic rings. The van der Waals surface area contributed by atoms with Crippen molar-refractivity contribution in [2.75, 3.05) is 28.2 Å². The zero-order chi connectivity index (χ0) is 24.7. The number of fused-ring (bicyclic) bond motifs is 2. The number of nitrogens with one attached hydrogen (secondary N) is 1. The molecule has 1 fully saturated rings. The molecule has 0 aliphatic carbocycles. The summed E-state index contributed by atoms with van der Waals surface area (Å²) < 4.78 is 0.